The molecule has 0 spiro atoms. The van der Waals surface area contributed by atoms with Crippen LogP contribution in [-0.2, 0) is 12.8 Å². The van der Waals surface area contributed by atoms with E-state index in [4.69, 9.17) is 0 Å². The predicted octanol–water partition coefficient (Wildman–Crippen LogP) is 7.37. The van der Waals surface area contributed by atoms with Gasteiger partial charge in [0.2, 0.25) is 0 Å². The smallest absolute Gasteiger partial charge is 0.0361 e. The molecule has 2 N–H and O–H groups in total. The highest BCUT2D eigenvalue weighted by Crippen LogP contribution is 2.23. The van der Waals surface area contributed by atoms with E-state index in [0.717, 1.165) is 25.9 Å². The van der Waals surface area contributed by atoms with Crippen LogP contribution in [0.15, 0.2) is 97.1 Å². The molecule has 0 aromatic heterocycles. The van der Waals surface area contributed by atoms with Crippen LogP contribution in [0, 0.1) is 27.7 Å². The quantitative estimate of drug-likeness (QED) is 0.221. The van der Waals surface area contributed by atoms with Crippen LogP contribution in [0.4, 0.5) is 0 Å². The molecular weight excluding hydrogens is 436 g/mol. The fraction of sp³-hybridized carbons (Fsp3) is 0.294. The van der Waals surface area contributed by atoms with Crippen molar-refractivity contribution in [1.29, 1.82) is 0 Å². The van der Waals surface area contributed by atoms with E-state index in [1.165, 1.54) is 44.5 Å². The Morgan fingerprint density at radius 3 is 1.14 bits per heavy atom. The Labute approximate surface area is 217 Å². The zero-order valence-corrected chi connectivity index (χ0v) is 22.2. The normalized spacial score (nSPS) is 12.9. The van der Waals surface area contributed by atoms with Gasteiger partial charge in [-0.3, -0.25) is 0 Å². The van der Waals surface area contributed by atoms with Gasteiger partial charge in [-0.2, -0.15) is 0 Å². The van der Waals surface area contributed by atoms with Crippen molar-refractivity contribution in [1.82, 2.24) is 10.6 Å². The molecule has 0 saturated heterocycles. The van der Waals surface area contributed by atoms with Crippen LogP contribution in [0.1, 0.15) is 56.6 Å². The summed E-state index contributed by atoms with van der Waals surface area (Å²) in [5, 5.41) is 7.74. The zero-order chi connectivity index (χ0) is 25.3. The second-order valence-corrected chi connectivity index (χ2v) is 10.2. The first-order valence-electron chi connectivity index (χ1n) is 13.2. The van der Waals surface area contributed by atoms with Gasteiger partial charge in [-0.25, -0.2) is 0 Å². The summed E-state index contributed by atoms with van der Waals surface area (Å²) in [6.07, 6.45) is 1.96. The molecule has 4 aromatic rings. The number of aryl methyl sites for hydroxylation is 4. The lowest BCUT2D eigenvalue weighted by molar-refractivity contribution is 0.475. The van der Waals surface area contributed by atoms with Crippen molar-refractivity contribution in [3.05, 3.63) is 142 Å². The Balaban J connectivity index is 1.46. The van der Waals surface area contributed by atoms with E-state index in [0.29, 0.717) is 0 Å². The average Bonchev–Trinajstić information content (AvgIpc) is 2.85. The Hall–Kier alpha value is -3.20. The number of hydrogen-bond acceptors (Lipinski definition) is 2. The maximum Gasteiger partial charge on any atom is 0.0361 e. The molecule has 4 rings (SSSR count). The predicted molar refractivity (Wildman–Crippen MR) is 154 cm³/mol. The minimum absolute atomic E-state index is 0.279. The van der Waals surface area contributed by atoms with Crippen molar-refractivity contribution < 1.29 is 0 Å². The molecule has 0 bridgehead atoms. The Morgan fingerprint density at radius 2 is 0.806 bits per heavy atom. The summed E-state index contributed by atoms with van der Waals surface area (Å²) in [6.45, 7) is 10.6. The summed E-state index contributed by atoms with van der Waals surface area (Å²) in [5.74, 6) is 0. The molecule has 0 aliphatic rings. The van der Waals surface area contributed by atoms with Crippen LogP contribution in [0.25, 0.3) is 0 Å². The van der Waals surface area contributed by atoms with Crippen LogP contribution in [-0.4, -0.2) is 13.1 Å². The largest absolute Gasteiger partial charge is 0.308 e. The first-order valence-corrected chi connectivity index (χ1v) is 13.2. The molecule has 0 saturated carbocycles. The lowest BCUT2D eigenvalue weighted by Crippen LogP contribution is -2.34. The molecule has 2 nitrogen and oxygen atoms in total. The van der Waals surface area contributed by atoms with E-state index in [1.54, 1.807) is 0 Å². The van der Waals surface area contributed by atoms with Gasteiger partial charge in [-0.15, -0.1) is 0 Å². The molecule has 0 aliphatic carbocycles. The molecule has 4 aromatic carbocycles. The highest BCUT2D eigenvalue weighted by Gasteiger charge is 2.15. The molecule has 2 heteroatoms. The lowest BCUT2D eigenvalue weighted by atomic mass is 9.95. The fourth-order valence-corrected chi connectivity index (χ4v) is 5.23. The van der Waals surface area contributed by atoms with Gasteiger partial charge in [-0.05, 0) is 62.8 Å². The molecule has 36 heavy (non-hydrogen) atoms. The third-order valence-electron chi connectivity index (χ3n) is 6.76. The van der Waals surface area contributed by atoms with Gasteiger partial charge in [0, 0.05) is 25.2 Å². The second-order valence-electron chi connectivity index (χ2n) is 10.2. The van der Waals surface area contributed by atoms with E-state index >= 15 is 0 Å². The highest BCUT2D eigenvalue weighted by atomic mass is 15.0. The van der Waals surface area contributed by atoms with E-state index in [9.17, 15) is 0 Å². The van der Waals surface area contributed by atoms with Crippen LogP contribution < -0.4 is 10.6 Å². The summed E-state index contributed by atoms with van der Waals surface area (Å²) in [5.41, 5.74) is 10.7. The van der Waals surface area contributed by atoms with Crippen LogP contribution in [0.5, 0.6) is 0 Å². The van der Waals surface area contributed by atoms with Gasteiger partial charge in [0.25, 0.3) is 0 Å². The Bertz CT molecular complexity index is 1090. The zero-order valence-electron chi connectivity index (χ0n) is 22.2. The Kier molecular flexibility index (Phi) is 9.11. The van der Waals surface area contributed by atoms with Gasteiger partial charge >= 0.3 is 0 Å². The molecule has 0 fully saturated rings. The van der Waals surface area contributed by atoms with Gasteiger partial charge in [0.05, 0.1) is 0 Å². The maximum atomic E-state index is 3.87. The minimum Gasteiger partial charge on any atom is -0.308 e. The fourth-order valence-electron chi connectivity index (χ4n) is 5.23. The van der Waals surface area contributed by atoms with Gasteiger partial charge in [0.1, 0.15) is 0 Å². The summed E-state index contributed by atoms with van der Waals surface area (Å²) in [7, 11) is 0. The third-order valence-corrected chi connectivity index (χ3v) is 6.76. The molecule has 0 aliphatic heterocycles. The SMILES string of the molecule is Cc1cc(C)cc(C(Cc2ccccc2)NCCNC(Cc2ccccc2)c2cc(C)cc(C)c2)c1. The van der Waals surface area contributed by atoms with Crippen molar-refractivity contribution in [2.24, 2.45) is 0 Å². The topological polar surface area (TPSA) is 24.1 Å². The first kappa shape index (κ1) is 25.9. The molecule has 0 amide bonds. The van der Waals surface area contributed by atoms with E-state index in [2.05, 4.69) is 135 Å². The van der Waals surface area contributed by atoms with Crippen molar-refractivity contribution in [2.45, 2.75) is 52.6 Å². The van der Waals surface area contributed by atoms with Gasteiger partial charge in [-0.1, -0.05) is 119 Å². The van der Waals surface area contributed by atoms with E-state index in [-0.39, 0.29) is 12.1 Å². The van der Waals surface area contributed by atoms with E-state index < -0.39 is 0 Å². The second kappa shape index (κ2) is 12.7. The highest BCUT2D eigenvalue weighted by molar-refractivity contribution is 5.33. The summed E-state index contributed by atoms with van der Waals surface area (Å²) in [6, 6.07) is 36.0. The number of nitrogens with one attached hydrogen (secondary N) is 2. The first-order chi connectivity index (χ1) is 17.5. The van der Waals surface area contributed by atoms with Crippen molar-refractivity contribution >= 4 is 0 Å². The lowest BCUT2D eigenvalue weighted by Gasteiger charge is -2.24. The minimum atomic E-state index is 0.279. The van der Waals surface area contributed by atoms with Gasteiger partial charge < -0.3 is 10.6 Å². The third kappa shape index (κ3) is 7.65. The summed E-state index contributed by atoms with van der Waals surface area (Å²) in [4.78, 5) is 0. The Morgan fingerprint density at radius 1 is 0.472 bits per heavy atom. The molecular formula is C34H40N2. The monoisotopic (exact) mass is 476 g/mol. The van der Waals surface area contributed by atoms with Crippen LogP contribution in [0.3, 0.4) is 0 Å². The van der Waals surface area contributed by atoms with Crippen LogP contribution >= 0.6 is 0 Å². The maximum absolute atomic E-state index is 3.87. The number of rotatable bonds is 11. The molecule has 0 heterocycles. The summed E-state index contributed by atoms with van der Waals surface area (Å²) >= 11 is 0. The van der Waals surface area contributed by atoms with Crippen LogP contribution in [0.2, 0.25) is 0 Å². The molecule has 2 unspecified atom stereocenters. The molecule has 2 atom stereocenters. The summed E-state index contributed by atoms with van der Waals surface area (Å²) < 4.78 is 0. The molecule has 0 radical (unpaired) electrons. The number of benzene rings is 4. The standard InChI is InChI=1S/C34H40N2/c1-25-17-26(2)20-31(19-25)33(23-29-11-7-5-8-12-29)35-15-16-36-34(24-30-13-9-6-10-14-30)32-21-27(3)18-28(4)22-32/h5-14,17-22,33-36H,15-16,23-24H2,1-4H3. The van der Waals surface area contributed by atoms with Crippen molar-refractivity contribution in [3.63, 3.8) is 0 Å². The molecule has 186 valence electrons. The number of hydrogen-bond donors (Lipinski definition) is 2. The van der Waals surface area contributed by atoms with E-state index in [1.807, 2.05) is 0 Å². The van der Waals surface area contributed by atoms with Gasteiger partial charge in [0.15, 0.2) is 0 Å². The van der Waals surface area contributed by atoms with Crippen molar-refractivity contribution in [3.8, 4) is 0 Å². The van der Waals surface area contributed by atoms with Crippen molar-refractivity contribution in [2.75, 3.05) is 13.1 Å². The average molecular weight is 477 g/mol.